The highest BCUT2D eigenvalue weighted by atomic mass is 35.5. The van der Waals surface area contributed by atoms with Crippen LogP contribution < -0.4 is 0 Å². The summed E-state index contributed by atoms with van der Waals surface area (Å²) < 4.78 is 0. The lowest BCUT2D eigenvalue weighted by Gasteiger charge is -2.06. The zero-order valence-electron chi connectivity index (χ0n) is 9.79. The Kier molecular flexibility index (Phi) is 10.4. The van der Waals surface area contributed by atoms with Gasteiger partial charge in [-0.25, -0.2) is 0 Å². The molecule has 0 radical (unpaired) electrons. The van der Waals surface area contributed by atoms with E-state index >= 15 is 0 Å². The molecule has 0 spiro atoms. The molecule has 1 unspecified atom stereocenters. The second-order valence-electron chi connectivity index (χ2n) is 4.02. The second kappa shape index (κ2) is 10.9. The van der Waals surface area contributed by atoms with E-state index in [9.17, 15) is 9.59 Å². The molecular formula is C13H21ClO2. The number of carbonyl (C=O) groups excluding carboxylic acids is 2. The highest BCUT2D eigenvalue weighted by molar-refractivity contribution is 6.17. The zero-order valence-corrected chi connectivity index (χ0v) is 10.5. The van der Waals surface area contributed by atoms with Crippen molar-refractivity contribution in [1.82, 2.24) is 0 Å². The van der Waals surface area contributed by atoms with Crippen LogP contribution >= 0.6 is 11.6 Å². The highest BCUT2D eigenvalue weighted by Crippen LogP contribution is 2.11. The summed E-state index contributed by atoms with van der Waals surface area (Å²) in [6.45, 7) is 3.57. The van der Waals surface area contributed by atoms with Gasteiger partial charge in [0.05, 0.1) is 0 Å². The zero-order chi connectivity index (χ0) is 12.2. The first kappa shape index (κ1) is 15.4. The van der Waals surface area contributed by atoms with Crippen molar-refractivity contribution in [3.63, 3.8) is 0 Å². The molecule has 1 atom stereocenters. The Labute approximate surface area is 103 Å². The number of aldehydes is 1. The molecule has 0 aliphatic heterocycles. The molecule has 0 saturated carbocycles. The highest BCUT2D eigenvalue weighted by Gasteiger charge is 2.11. The Bertz CT molecular complexity index is 214. The minimum atomic E-state index is -0.173. The van der Waals surface area contributed by atoms with E-state index in [1.165, 1.54) is 0 Å². The van der Waals surface area contributed by atoms with E-state index in [1.54, 1.807) is 6.08 Å². The van der Waals surface area contributed by atoms with Crippen LogP contribution in [0.5, 0.6) is 0 Å². The van der Waals surface area contributed by atoms with Gasteiger partial charge in [0.1, 0.15) is 12.1 Å². The quantitative estimate of drug-likeness (QED) is 0.241. The maximum Gasteiger partial charge on any atom is 0.133 e. The maximum atomic E-state index is 11.5. The molecule has 0 amide bonds. The average molecular weight is 245 g/mol. The first-order valence-corrected chi connectivity index (χ1v) is 6.42. The van der Waals surface area contributed by atoms with Gasteiger partial charge in [-0.1, -0.05) is 18.9 Å². The summed E-state index contributed by atoms with van der Waals surface area (Å²) in [7, 11) is 0. The van der Waals surface area contributed by atoms with Gasteiger partial charge in [0.15, 0.2) is 0 Å². The predicted octanol–water partition coefficient (Wildman–Crippen LogP) is 3.53. The number of rotatable bonds is 11. The van der Waals surface area contributed by atoms with E-state index in [2.05, 4.69) is 6.58 Å². The van der Waals surface area contributed by atoms with Crippen molar-refractivity contribution in [3.05, 3.63) is 12.7 Å². The number of allylic oxidation sites excluding steroid dienone is 1. The number of unbranched alkanes of at least 4 members (excludes halogenated alkanes) is 3. The van der Waals surface area contributed by atoms with Crippen LogP contribution in [-0.2, 0) is 9.59 Å². The van der Waals surface area contributed by atoms with Gasteiger partial charge in [-0.3, -0.25) is 4.79 Å². The van der Waals surface area contributed by atoms with Gasteiger partial charge in [-0.15, -0.1) is 18.2 Å². The normalized spacial score (nSPS) is 12.1. The Hall–Kier alpha value is -0.630. The Morgan fingerprint density at radius 1 is 1.25 bits per heavy atom. The number of carbonyl (C=O) groups is 2. The van der Waals surface area contributed by atoms with Gasteiger partial charge in [0.2, 0.25) is 0 Å². The summed E-state index contributed by atoms with van der Waals surface area (Å²) in [6, 6.07) is 0. The summed E-state index contributed by atoms with van der Waals surface area (Å²) in [5.74, 6) is 0.707. The SMILES string of the molecule is C=CCC(C=O)CC(=O)CCCCCCCl. The largest absolute Gasteiger partial charge is 0.303 e. The number of ketones is 1. The molecule has 0 saturated heterocycles. The van der Waals surface area contributed by atoms with Crippen LogP contribution in [0.15, 0.2) is 12.7 Å². The molecule has 3 heteroatoms. The van der Waals surface area contributed by atoms with E-state index in [0.29, 0.717) is 25.1 Å². The first-order valence-electron chi connectivity index (χ1n) is 5.88. The van der Waals surface area contributed by atoms with Crippen LogP contribution in [0, 0.1) is 5.92 Å². The van der Waals surface area contributed by atoms with Crippen LogP contribution in [0.1, 0.15) is 44.9 Å². The monoisotopic (exact) mass is 244 g/mol. The van der Waals surface area contributed by atoms with Gasteiger partial charge in [-0.2, -0.15) is 0 Å². The fourth-order valence-electron chi connectivity index (χ4n) is 1.57. The Balaban J connectivity index is 3.56. The maximum absolute atomic E-state index is 11.5. The molecular weight excluding hydrogens is 224 g/mol. The molecule has 0 N–H and O–H groups in total. The lowest BCUT2D eigenvalue weighted by molar-refractivity contribution is -0.122. The first-order chi connectivity index (χ1) is 7.74. The predicted molar refractivity (Wildman–Crippen MR) is 67.8 cm³/mol. The Morgan fingerprint density at radius 3 is 2.50 bits per heavy atom. The van der Waals surface area contributed by atoms with E-state index in [0.717, 1.165) is 32.0 Å². The fraction of sp³-hybridized carbons (Fsp3) is 0.692. The minimum Gasteiger partial charge on any atom is -0.303 e. The van der Waals surface area contributed by atoms with Crippen molar-refractivity contribution in [3.8, 4) is 0 Å². The third-order valence-electron chi connectivity index (χ3n) is 2.49. The van der Waals surface area contributed by atoms with Crippen molar-refractivity contribution < 1.29 is 9.59 Å². The number of halogens is 1. The van der Waals surface area contributed by atoms with Gasteiger partial charge in [0.25, 0.3) is 0 Å². The average Bonchev–Trinajstić information content (AvgIpc) is 2.28. The van der Waals surface area contributed by atoms with Crippen molar-refractivity contribution in [2.45, 2.75) is 44.9 Å². The van der Waals surface area contributed by atoms with E-state index in [4.69, 9.17) is 11.6 Å². The third-order valence-corrected chi connectivity index (χ3v) is 2.76. The molecule has 92 valence electrons. The molecule has 0 fully saturated rings. The van der Waals surface area contributed by atoms with E-state index in [-0.39, 0.29) is 11.7 Å². The number of hydrogen-bond donors (Lipinski definition) is 0. The molecule has 0 aromatic rings. The van der Waals surface area contributed by atoms with Crippen LogP contribution in [0.25, 0.3) is 0 Å². The molecule has 0 aromatic carbocycles. The van der Waals surface area contributed by atoms with Gasteiger partial charge in [0, 0.05) is 24.6 Å². The van der Waals surface area contributed by atoms with Crippen molar-refractivity contribution in [2.75, 3.05) is 5.88 Å². The molecule has 0 heterocycles. The van der Waals surface area contributed by atoms with Crippen molar-refractivity contribution in [2.24, 2.45) is 5.92 Å². The van der Waals surface area contributed by atoms with E-state index in [1.807, 2.05) is 0 Å². The standard InChI is InChI=1S/C13H21ClO2/c1-2-7-12(11-15)10-13(16)8-5-3-4-6-9-14/h2,11-12H,1,3-10H2. The molecule has 0 rings (SSSR count). The summed E-state index contributed by atoms with van der Waals surface area (Å²) in [5.41, 5.74) is 0. The summed E-state index contributed by atoms with van der Waals surface area (Å²) in [5, 5.41) is 0. The van der Waals surface area contributed by atoms with Crippen LogP contribution in [0.4, 0.5) is 0 Å². The molecule has 0 aliphatic carbocycles. The van der Waals surface area contributed by atoms with Gasteiger partial charge < -0.3 is 4.79 Å². The minimum absolute atomic E-state index is 0.173. The molecule has 0 bridgehead atoms. The second-order valence-corrected chi connectivity index (χ2v) is 4.39. The smallest absolute Gasteiger partial charge is 0.133 e. The lowest BCUT2D eigenvalue weighted by atomic mass is 9.97. The van der Waals surface area contributed by atoms with Crippen LogP contribution in [-0.4, -0.2) is 17.9 Å². The van der Waals surface area contributed by atoms with Crippen molar-refractivity contribution in [1.29, 1.82) is 0 Å². The van der Waals surface area contributed by atoms with Crippen LogP contribution in [0.2, 0.25) is 0 Å². The molecule has 16 heavy (non-hydrogen) atoms. The number of Topliss-reactive ketones (excluding diaryl/α,β-unsaturated/α-hetero) is 1. The van der Waals surface area contributed by atoms with E-state index < -0.39 is 0 Å². The lowest BCUT2D eigenvalue weighted by Crippen LogP contribution is -2.09. The molecule has 0 aliphatic rings. The topological polar surface area (TPSA) is 34.1 Å². The molecule has 2 nitrogen and oxygen atoms in total. The fourth-order valence-corrected chi connectivity index (χ4v) is 1.75. The Morgan fingerprint density at radius 2 is 1.94 bits per heavy atom. The molecule has 0 aromatic heterocycles. The van der Waals surface area contributed by atoms with Gasteiger partial charge >= 0.3 is 0 Å². The summed E-state index contributed by atoms with van der Waals surface area (Å²) in [4.78, 5) is 22.1. The number of hydrogen-bond acceptors (Lipinski definition) is 2. The summed E-state index contributed by atoms with van der Waals surface area (Å²) in [6.07, 6.45) is 8.15. The van der Waals surface area contributed by atoms with Crippen molar-refractivity contribution >= 4 is 23.7 Å². The number of alkyl halides is 1. The van der Waals surface area contributed by atoms with Gasteiger partial charge in [-0.05, 0) is 19.3 Å². The summed E-state index contributed by atoms with van der Waals surface area (Å²) >= 11 is 5.55. The van der Waals surface area contributed by atoms with Crippen LogP contribution in [0.3, 0.4) is 0 Å². The third kappa shape index (κ3) is 8.66.